The Balaban J connectivity index is 1.50. The molecule has 0 bridgehead atoms. The van der Waals surface area contributed by atoms with Gasteiger partial charge in [0, 0.05) is 10.5 Å². The predicted molar refractivity (Wildman–Crippen MR) is 120 cm³/mol. The average molecular weight is 495 g/mol. The van der Waals surface area contributed by atoms with Crippen molar-refractivity contribution >= 4 is 31.9 Å². The van der Waals surface area contributed by atoms with E-state index in [0.29, 0.717) is 5.75 Å². The summed E-state index contributed by atoms with van der Waals surface area (Å²) >= 11 is 3.39. The van der Waals surface area contributed by atoms with Crippen LogP contribution < -0.4 is 14.8 Å². The number of nitrogens with one attached hydrogen (secondary N) is 2. The third kappa shape index (κ3) is 6.55. The van der Waals surface area contributed by atoms with Gasteiger partial charge in [-0.25, -0.2) is 13.1 Å². The zero-order valence-electron chi connectivity index (χ0n) is 16.9. The highest BCUT2D eigenvalue weighted by Gasteiger charge is 2.21. The van der Waals surface area contributed by atoms with Gasteiger partial charge in [-0.05, 0) is 61.7 Å². The van der Waals surface area contributed by atoms with E-state index in [1.54, 1.807) is 12.1 Å². The second-order valence-corrected chi connectivity index (χ2v) is 10.2. The first-order valence-corrected chi connectivity index (χ1v) is 12.4. The van der Waals surface area contributed by atoms with Crippen LogP contribution in [0.1, 0.15) is 50.6 Å². The van der Waals surface area contributed by atoms with Gasteiger partial charge < -0.3 is 10.1 Å². The van der Waals surface area contributed by atoms with Crippen molar-refractivity contribution in [3.05, 3.63) is 58.6 Å². The van der Waals surface area contributed by atoms with Crippen molar-refractivity contribution in [3.63, 3.8) is 0 Å². The molecule has 1 aliphatic rings. The van der Waals surface area contributed by atoms with Crippen molar-refractivity contribution < 1.29 is 17.9 Å². The highest BCUT2D eigenvalue weighted by molar-refractivity contribution is 9.10. The van der Waals surface area contributed by atoms with Crippen LogP contribution >= 0.6 is 15.9 Å². The number of benzene rings is 2. The molecule has 2 aromatic rings. The number of amides is 1. The van der Waals surface area contributed by atoms with Crippen molar-refractivity contribution in [1.82, 2.24) is 10.0 Å². The van der Waals surface area contributed by atoms with E-state index in [1.807, 2.05) is 31.2 Å². The Kier molecular flexibility index (Phi) is 7.91. The minimum Gasteiger partial charge on any atom is -0.484 e. The summed E-state index contributed by atoms with van der Waals surface area (Å²) in [4.78, 5) is 12.4. The fourth-order valence-corrected chi connectivity index (χ4v) is 5.06. The van der Waals surface area contributed by atoms with E-state index in [9.17, 15) is 13.2 Å². The lowest BCUT2D eigenvalue weighted by molar-refractivity contribution is -0.123. The number of halogens is 1. The van der Waals surface area contributed by atoms with Gasteiger partial charge in [0.15, 0.2) is 6.61 Å². The molecular weight excluding hydrogens is 468 g/mol. The van der Waals surface area contributed by atoms with E-state index in [1.165, 1.54) is 18.6 Å². The molecule has 0 saturated heterocycles. The molecule has 0 aliphatic heterocycles. The van der Waals surface area contributed by atoms with Crippen LogP contribution in [0, 0.1) is 0 Å². The molecule has 0 aromatic heterocycles. The van der Waals surface area contributed by atoms with Gasteiger partial charge >= 0.3 is 0 Å². The molecule has 0 spiro atoms. The number of rotatable bonds is 8. The van der Waals surface area contributed by atoms with Crippen LogP contribution in [-0.2, 0) is 14.8 Å². The van der Waals surface area contributed by atoms with Crippen LogP contribution in [-0.4, -0.2) is 27.0 Å². The largest absolute Gasteiger partial charge is 0.484 e. The molecule has 1 saturated carbocycles. The summed E-state index contributed by atoms with van der Waals surface area (Å²) in [5.74, 6) is 0.194. The first-order chi connectivity index (χ1) is 14.3. The molecule has 2 N–H and O–H groups in total. The lowest BCUT2D eigenvalue weighted by atomic mass is 9.96. The van der Waals surface area contributed by atoms with Gasteiger partial charge in [-0.1, -0.05) is 47.3 Å². The fraction of sp³-hybridized carbons (Fsp3) is 0.409. The van der Waals surface area contributed by atoms with Crippen LogP contribution in [0.3, 0.4) is 0 Å². The van der Waals surface area contributed by atoms with Gasteiger partial charge in [0.05, 0.1) is 10.9 Å². The van der Waals surface area contributed by atoms with E-state index in [0.717, 1.165) is 35.7 Å². The van der Waals surface area contributed by atoms with Crippen molar-refractivity contribution in [2.45, 2.75) is 56.0 Å². The molecule has 1 amide bonds. The summed E-state index contributed by atoms with van der Waals surface area (Å²) in [6, 6.07) is 13.7. The summed E-state index contributed by atoms with van der Waals surface area (Å²) in [5.41, 5.74) is 0.992. The van der Waals surface area contributed by atoms with Crippen molar-refractivity contribution in [2.75, 3.05) is 6.61 Å². The van der Waals surface area contributed by atoms with Crippen LogP contribution in [0.4, 0.5) is 0 Å². The van der Waals surface area contributed by atoms with Crippen LogP contribution in [0.5, 0.6) is 5.75 Å². The number of carbonyl (C=O) groups excluding carboxylic acids is 1. The Bertz CT molecular complexity index is 940. The van der Waals surface area contributed by atoms with Gasteiger partial charge in [-0.3, -0.25) is 4.79 Å². The van der Waals surface area contributed by atoms with E-state index in [4.69, 9.17) is 4.74 Å². The van der Waals surface area contributed by atoms with Gasteiger partial charge in [-0.2, -0.15) is 0 Å². The molecule has 1 atom stereocenters. The van der Waals surface area contributed by atoms with Gasteiger partial charge in [-0.15, -0.1) is 0 Å². The lowest BCUT2D eigenvalue weighted by Gasteiger charge is -2.22. The maximum Gasteiger partial charge on any atom is 0.258 e. The SMILES string of the molecule is C[C@@H](NC(=O)COc1ccc(S(=O)(=O)NC2CCCCC2)cc1)c1ccc(Br)cc1. The molecule has 2 aromatic carbocycles. The first-order valence-electron chi connectivity index (χ1n) is 10.1. The predicted octanol–water partition coefficient (Wildman–Crippen LogP) is 4.32. The van der Waals surface area contributed by atoms with Crippen LogP contribution in [0.2, 0.25) is 0 Å². The Labute approximate surface area is 186 Å². The molecule has 3 rings (SSSR count). The standard InChI is InChI=1S/C22H27BrN2O4S/c1-16(17-7-9-18(23)10-8-17)24-22(26)15-29-20-11-13-21(14-12-20)30(27,28)25-19-5-3-2-4-6-19/h7-14,16,19,25H,2-6,15H2,1H3,(H,24,26)/t16-/m1/s1. The third-order valence-corrected chi connectivity index (χ3v) is 7.24. The average Bonchev–Trinajstić information content (AvgIpc) is 2.73. The molecule has 0 radical (unpaired) electrons. The molecule has 30 heavy (non-hydrogen) atoms. The molecule has 162 valence electrons. The Morgan fingerprint density at radius 3 is 2.33 bits per heavy atom. The molecule has 1 fully saturated rings. The fourth-order valence-electron chi connectivity index (χ4n) is 3.49. The highest BCUT2D eigenvalue weighted by atomic mass is 79.9. The van der Waals surface area contributed by atoms with E-state index in [2.05, 4.69) is 26.0 Å². The van der Waals surface area contributed by atoms with Crippen molar-refractivity contribution in [3.8, 4) is 5.75 Å². The minimum absolute atomic E-state index is 0.0103. The molecule has 8 heteroatoms. The number of ether oxygens (including phenoxy) is 1. The molecule has 0 heterocycles. The summed E-state index contributed by atoms with van der Waals surface area (Å²) < 4.78 is 34.3. The van der Waals surface area contributed by atoms with Crippen molar-refractivity contribution in [2.24, 2.45) is 0 Å². The number of carbonyl (C=O) groups is 1. The number of hydrogen-bond donors (Lipinski definition) is 2. The van der Waals surface area contributed by atoms with E-state index in [-0.39, 0.29) is 29.5 Å². The van der Waals surface area contributed by atoms with Crippen LogP contribution in [0.25, 0.3) is 0 Å². The molecule has 1 aliphatic carbocycles. The normalized spacial score (nSPS) is 16.1. The third-order valence-electron chi connectivity index (χ3n) is 5.18. The molecular formula is C22H27BrN2O4S. The Hall–Kier alpha value is -1.90. The topological polar surface area (TPSA) is 84.5 Å². The van der Waals surface area contributed by atoms with Crippen molar-refractivity contribution in [1.29, 1.82) is 0 Å². The molecule has 6 nitrogen and oxygen atoms in total. The molecule has 0 unspecified atom stereocenters. The summed E-state index contributed by atoms with van der Waals surface area (Å²) in [5, 5.41) is 2.88. The van der Waals surface area contributed by atoms with E-state index >= 15 is 0 Å². The Morgan fingerprint density at radius 2 is 1.70 bits per heavy atom. The second kappa shape index (κ2) is 10.4. The maximum absolute atomic E-state index is 12.5. The van der Waals surface area contributed by atoms with Crippen LogP contribution in [0.15, 0.2) is 57.9 Å². The quantitative estimate of drug-likeness (QED) is 0.572. The first kappa shape index (κ1) is 22.8. The monoisotopic (exact) mass is 494 g/mol. The summed E-state index contributed by atoms with van der Waals surface area (Å²) in [6.07, 6.45) is 5.05. The van der Waals surface area contributed by atoms with Gasteiger partial charge in [0.1, 0.15) is 5.75 Å². The minimum atomic E-state index is -3.55. The zero-order valence-corrected chi connectivity index (χ0v) is 19.3. The summed E-state index contributed by atoms with van der Waals surface area (Å²) in [6.45, 7) is 1.76. The van der Waals surface area contributed by atoms with E-state index < -0.39 is 10.0 Å². The summed E-state index contributed by atoms with van der Waals surface area (Å²) in [7, 11) is -3.55. The lowest BCUT2D eigenvalue weighted by Crippen LogP contribution is -2.36. The Morgan fingerprint density at radius 1 is 1.07 bits per heavy atom. The highest BCUT2D eigenvalue weighted by Crippen LogP contribution is 2.21. The smallest absolute Gasteiger partial charge is 0.258 e. The second-order valence-electron chi connectivity index (χ2n) is 7.56. The number of sulfonamides is 1. The zero-order chi connectivity index (χ0) is 21.6. The number of hydrogen-bond acceptors (Lipinski definition) is 4. The maximum atomic E-state index is 12.5. The van der Waals surface area contributed by atoms with Gasteiger partial charge in [0.2, 0.25) is 10.0 Å². The van der Waals surface area contributed by atoms with Gasteiger partial charge in [0.25, 0.3) is 5.91 Å².